The zero-order chi connectivity index (χ0) is 13.6. The van der Waals surface area contributed by atoms with Gasteiger partial charge in [-0.15, -0.1) is 5.10 Å². The van der Waals surface area contributed by atoms with Gasteiger partial charge in [-0.1, -0.05) is 0 Å². The largest absolute Gasteiger partial charge is 0.416 e. The summed E-state index contributed by atoms with van der Waals surface area (Å²) in [6, 6.07) is 5.04. The minimum Gasteiger partial charge on any atom is -0.309 e. The Balaban J connectivity index is 1.92. The molecule has 3 rings (SSSR count). The van der Waals surface area contributed by atoms with Gasteiger partial charge in [-0.25, -0.2) is 4.68 Å². The van der Waals surface area contributed by atoms with Crippen LogP contribution in [-0.2, 0) is 12.7 Å². The summed E-state index contributed by atoms with van der Waals surface area (Å²) in [6.07, 6.45) is -4.31. The van der Waals surface area contributed by atoms with Gasteiger partial charge in [0.15, 0.2) is 0 Å². The summed E-state index contributed by atoms with van der Waals surface area (Å²) < 4.78 is 39.7. The van der Waals surface area contributed by atoms with Crippen LogP contribution in [0.2, 0.25) is 0 Å². The number of fused-ring (bicyclic) bond motifs is 1. The van der Waals surface area contributed by atoms with Crippen molar-refractivity contribution in [2.75, 3.05) is 11.4 Å². The number of aromatic nitrogens is 3. The summed E-state index contributed by atoms with van der Waals surface area (Å²) in [5, 5.41) is 4.12. The molecule has 0 amide bonds. The van der Waals surface area contributed by atoms with E-state index in [-0.39, 0.29) is 0 Å². The van der Waals surface area contributed by atoms with Crippen LogP contribution >= 0.6 is 15.9 Å². The second kappa shape index (κ2) is 4.22. The maximum Gasteiger partial charge on any atom is 0.416 e. The van der Waals surface area contributed by atoms with Crippen LogP contribution in [0.5, 0.6) is 0 Å². The van der Waals surface area contributed by atoms with Gasteiger partial charge in [-0.05, 0) is 40.2 Å². The maximum absolute atomic E-state index is 12.5. The van der Waals surface area contributed by atoms with Gasteiger partial charge in [0.05, 0.1) is 12.1 Å². The average Bonchev–Trinajstić information content (AvgIpc) is 2.86. The highest BCUT2D eigenvalue weighted by molar-refractivity contribution is 9.10. The Kier molecular flexibility index (Phi) is 2.77. The molecule has 0 bridgehead atoms. The normalized spacial score (nSPS) is 14.8. The Labute approximate surface area is 115 Å². The molecule has 1 aliphatic heterocycles. The minimum absolute atomic E-state index is 0.471. The Bertz CT molecular complexity index is 605. The molecule has 2 aromatic rings. The number of anilines is 2. The van der Waals surface area contributed by atoms with E-state index in [2.05, 4.69) is 26.0 Å². The quantitative estimate of drug-likeness (QED) is 0.804. The van der Waals surface area contributed by atoms with E-state index in [1.165, 1.54) is 12.1 Å². The van der Waals surface area contributed by atoms with Crippen molar-refractivity contribution >= 4 is 27.6 Å². The van der Waals surface area contributed by atoms with Crippen molar-refractivity contribution in [3.8, 4) is 0 Å². The molecule has 1 aromatic carbocycles. The maximum atomic E-state index is 12.5. The van der Waals surface area contributed by atoms with Crippen LogP contribution in [0, 0.1) is 0 Å². The van der Waals surface area contributed by atoms with Crippen molar-refractivity contribution < 1.29 is 13.2 Å². The molecule has 0 N–H and O–H groups in total. The molecule has 0 unspecified atom stereocenters. The first-order chi connectivity index (χ1) is 8.95. The van der Waals surface area contributed by atoms with Crippen molar-refractivity contribution in [3.05, 3.63) is 34.6 Å². The molecule has 0 fully saturated rings. The molecule has 2 heterocycles. The second-order valence-corrected chi connectivity index (χ2v) is 4.81. The van der Waals surface area contributed by atoms with Crippen LogP contribution in [0.3, 0.4) is 0 Å². The minimum atomic E-state index is -4.31. The first kappa shape index (κ1) is 12.5. The molecule has 0 atom stereocenters. The van der Waals surface area contributed by atoms with Gasteiger partial charge in [0.1, 0.15) is 0 Å². The fraction of sp³-hybridized carbons (Fsp3) is 0.273. The van der Waals surface area contributed by atoms with Crippen LogP contribution < -0.4 is 4.90 Å². The van der Waals surface area contributed by atoms with Gasteiger partial charge >= 0.3 is 6.18 Å². The first-order valence-corrected chi connectivity index (χ1v) is 6.29. The average molecular weight is 333 g/mol. The van der Waals surface area contributed by atoms with E-state index < -0.39 is 11.7 Å². The van der Waals surface area contributed by atoms with Gasteiger partial charge < -0.3 is 4.90 Å². The molecule has 0 saturated heterocycles. The van der Waals surface area contributed by atoms with E-state index in [9.17, 15) is 13.2 Å². The Morgan fingerprint density at radius 2 is 1.79 bits per heavy atom. The third kappa shape index (κ3) is 2.20. The molecule has 0 spiro atoms. The highest BCUT2D eigenvalue weighted by Crippen LogP contribution is 2.33. The predicted octanol–water partition coefficient (Wildman–Crippen LogP) is 3.21. The smallest absolute Gasteiger partial charge is 0.309 e. The van der Waals surface area contributed by atoms with Crippen molar-refractivity contribution in [1.82, 2.24) is 14.8 Å². The second-order valence-electron chi connectivity index (χ2n) is 4.10. The molecule has 0 radical (unpaired) electrons. The number of benzene rings is 1. The van der Waals surface area contributed by atoms with Crippen LogP contribution in [0.15, 0.2) is 29.0 Å². The molecule has 19 heavy (non-hydrogen) atoms. The monoisotopic (exact) mass is 332 g/mol. The Hall–Kier alpha value is -1.57. The third-order valence-electron chi connectivity index (χ3n) is 2.91. The van der Waals surface area contributed by atoms with Gasteiger partial charge in [0.25, 0.3) is 0 Å². The number of nitrogens with zero attached hydrogens (tertiary/aromatic N) is 4. The van der Waals surface area contributed by atoms with Crippen LogP contribution in [0.1, 0.15) is 5.56 Å². The highest BCUT2D eigenvalue weighted by Gasteiger charge is 2.31. The van der Waals surface area contributed by atoms with Gasteiger partial charge in [0.2, 0.25) is 10.7 Å². The number of hydrogen-bond acceptors (Lipinski definition) is 3. The van der Waals surface area contributed by atoms with Gasteiger partial charge in [0, 0.05) is 12.2 Å². The molecule has 4 nitrogen and oxygen atoms in total. The van der Waals surface area contributed by atoms with E-state index in [0.29, 0.717) is 29.5 Å². The van der Waals surface area contributed by atoms with E-state index in [1.807, 2.05) is 4.90 Å². The molecule has 1 aromatic heterocycles. The molecule has 8 heteroatoms. The van der Waals surface area contributed by atoms with Gasteiger partial charge in [-0.2, -0.15) is 18.2 Å². The lowest BCUT2D eigenvalue weighted by Gasteiger charge is -2.16. The standard InChI is InChI=1S/C11H8BrF3N4/c12-9-16-10-18(5-6-19(10)17-9)8-3-1-7(2-4-8)11(13,14)15/h1-4H,5-6H2. The van der Waals surface area contributed by atoms with E-state index in [0.717, 1.165) is 12.1 Å². The lowest BCUT2D eigenvalue weighted by atomic mass is 10.2. The van der Waals surface area contributed by atoms with Crippen molar-refractivity contribution in [2.24, 2.45) is 0 Å². The van der Waals surface area contributed by atoms with Crippen molar-refractivity contribution in [3.63, 3.8) is 0 Å². The molecule has 1 aliphatic rings. The number of alkyl halides is 3. The topological polar surface area (TPSA) is 34.0 Å². The fourth-order valence-electron chi connectivity index (χ4n) is 2.03. The first-order valence-electron chi connectivity index (χ1n) is 5.50. The summed E-state index contributed by atoms with van der Waals surface area (Å²) in [5.74, 6) is 0.631. The molecule has 0 saturated carbocycles. The summed E-state index contributed by atoms with van der Waals surface area (Å²) in [7, 11) is 0. The van der Waals surface area contributed by atoms with Crippen molar-refractivity contribution in [1.29, 1.82) is 0 Å². The lowest BCUT2D eigenvalue weighted by Crippen LogP contribution is -2.14. The van der Waals surface area contributed by atoms with Crippen molar-refractivity contribution in [2.45, 2.75) is 12.7 Å². The fourth-order valence-corrected chi connectivity index (χ4v) is 2.38. The molecular weight excluding hydrogens is 325 g/mol. The summed E-state index contributed by atoms with van der Waals surface area (Å²) in [4.78, 5) is 6.02. The van der Waals surface area contributed by atoms with Crippen LogP contribution in [0.4, 0.5) is 24.8 Å². The number of halogens is 4. The van der Waals surface area contributed by atoms with E-state index in [1.54, 1.807) is 4.68 Å². The number of rotatable bonds is 1. The Morgan fingerprint density at radius 3 is 2.42 bits per heavy atom. The van der Waals surface area contributed by atoms with Crippen LogP contribution in [-0.4, -0.2) is 21.3 Å². The molecule has 100 valence electrons. The molecule has 0 aliphatic carbocycles. The third-order valence-corrected chi connectivity index (χ3v) is 3.25. The van der Waals surface area contributed by atoms with E-state index in [4.69, 9.17) is 0 Å². The zero-order valence-corrected chi connectivity index (χ0v) is 11.1. The predicted molar refractivity (Wildman–Crippen MR) is 66.2 cm³/mol. The summed E-state index contributed by atoms with van der Waals surface area (Å²) >= 11 is 3.18. The van der Waals surface area contributed by atoms with Gasteiger partial charge in [-0.3, -0.25) is 0 Å². The SMILES string of the molecule is FC(F)(F)c1ccc(N2CCn3nc(Br)nc32)cc1. The molecular formula is C11H8BrF3N4. The summed E-state index contributed by atoms with van der Waals surface area (Å²) in [5.41, 5.74) is 0.0183. The zero-order valence-electron chi connectivity index (χ0n) is 9.52. The van der Waals surface area contributed by atoms with Crippen LogP contribution in [0.25, 0.3) is 0 Å². The Morgan fingerprint density at radius 1 is 1.11 bits per heavy atom. The number of hydrogen-bond donors (Lipinski definition) is 0. The van der Waals surface area contributed by atoms with E-state index >= 15 is 0 Å². The summed E-state index contributed by atoms with van der Waals surface area (Å²) in [6.45, 7) is 1.31. The lowest BCUT2D eigenvalue weighted by molar-refractivity contribution is -0.137. The highest BCUT2D eigenvalue weighted by atomic mass is 79.9.